The third-order valence-corrected chi connectivity index (χ3v) is 5.02. The second-order valence-corrected chi connectivity index (χ2v) is 7.04. The van der Waals surface area contributed by atoms with Crippen molar-refractivity contribution in [2.45, 2.75) is 13.2 Å². The van der Waals surface area contributed by atoms with Crippen molar-refractivity contribution in [2.24, 2.45) is 0 Å². The lowest BCUT2D eigenvalue weighted by atomic mass is 10.2. The lowest BCUT2D eigenvalue weighted by Crippen LogP contribution is -2.08. The molecule has 4 rings (SSSR count). The predicted molar refractivity (Wildman–Crippen MR) is 106 cm³/mol. The van der Waals surface area contributed by atoms with E-state index in [1.54, 1.807) is 18.2 Å². The molecular formula is C22H17NO3S. The van der Waals surface area contributed by atoms with Gasteiger partial charge in [-0.3, -0.25) is 0 Å². The highest BCUT2D eigenvalue weighted by Crippen LogP contribution is 2.24. The quantitative estimate of drug-likeness (QED) is 0.433. The molecule has 1 aromatic heterocycles. The van der Waals surface area contributed by atoms with Crippen LogP contribution in [0.2, 0.25) is 0 Å². The van der Waals surface area contributed by atoms with Gasteiger partial charge in [-0.15, -0.1) is 11.3 Å². The first-order chi connectivity index (χ1) is 13.3. The Balaban J connectivity index is 1.43. The van der Waals surface area contributed by atoms with Gasteiger partial charge >= 0.3 is 5.97 Å². The van der Waals surface area contributed by atoms with Gasteiger partial charge in [0.1, 0.15) is 29.5 Å². The molecule has 4 nitrogen and oxygen atoms in total. The molecule has 27 heavy (non-hydrogen) atoms. The highest BCUT2D eigenvalue weighted by Gasteiger charge is 2.15. The van der Waals surface area contributed by atoms with Crippen molar-refractivity contribution in [2.75, 3.05) is 0 Å². The maximum atomic E-state index is 12.5. The van der Waals surface area contributed by atoms with Crippen LogP contribution in [-0.2, 0) is 18.0 Å². The Kier molecular flexibility index (Phi) is 5.12. The third-order valence-electron chi connectivity index (χ3n) is 4.01. The summed E-state index contributed by atoms with van der Waals surface area (Å²) >= 11 is 1.53. The summed E-state index contributed by atoms with van der Waals surface area (Å²) in [5.41, 5.74) is 2.37. The molecule has 0 fully saturated rings. The van der Waals surface area contributed by atoms with Crippen molar-refractivity contribution in [3.05, 3.63) is 95.0 Å². The third kappa shape index (κ3) is 4.15. The fourth-order valence-corrected chi connectivity index (χ4v) is 3.56. The number of nitrogens with zero attached hydrogens (tertiary/aromatic N) is 1. The van der Waals surface area contributed by atoms with E-state index >= 15 is 0 Å². The zero-order valence-electron chi connectivity index (χ0n) is 14.5. The molecule has 0 aliphatic rings. The zero-order valence-corrected chi connectivity index (χ0v) is 15.3. The number of hydrogen-bond acceptors (Lipinski definition) is 5. The first-order valence-corrected chi connectivity index (χ1v) is 9.38. The van der Waals surface area contributed by atoms with Gasteiger partial charge in [-0.25, -0.2) is 9.78 Å². The van der Waals surface area contributed by atoms with Gasteiger partial charge in [0.25, 0.3) is 0 Å². The van der Waals surface area contributed by atoms with Crippen LogP contribution < -0.4 is 4.74 Å². The van der Waals surface area contributed by atoms with E-state index in [0.29, 0.717) is 17.9 Å². The second-order valence-electron chi connectivity index (χ2n) is 5.92. The van der Waals surface area contributed by atoms with Crippen LogP contribution in [0.1, 0.15) is 20.9 Å². The predicted octanol–water partition coefficient (Wildman–Crippen LogP) is 5.23. The van der Waals surface area contributed by atoms with Gasteiger partial charge in [-0.2, -0.15) is 0 Å². The molecule has 0 bridgehead atoms. The molecule has 3 aromatic carbocycles. The average molecular weight is 375 g/mol. The number of esters is 1. The Hall–Kier alpha value is -3.18. The number of carbonyl (C=O) groups is 1. The normalized spacial score (nSPS) is 10.7. The summed E-state index contributed by atoms with van der Waals surface area (Å²) in [4.78, 5) is 17.0. The molecule has 0 saturated heterocycles. The lowest BCUT2D eigenvalue weighted by Gasteiger charge is -2.11. The van der Waals surface area contributed by atoms with Gasteiger partial charge in [0.05, 0.1) is 10.2 Å². The molecule has 5 heteroatoms. The minimum Gasteiger partial charge on any atom is -0.488 e. The van der Waals surface area contributed by atoms with Crippen LogP contribution in [-0.4, -0.2) is 11.0 Å². The molecule has 134 valence electrons. The van der Waals surface area contributed by atoms with Gasteiger partial charge < -0.3 is 9.47 Å². The summed E-state index contributed by atoms with van der Waals surface area (Å²) in [6.07, 6.45) is 0. The van der Waals surface area contributed by atoms with Crippen LogP contribution in [0.5, 0.6) is 5.75 Å². The fourth-order valence-electron chi connectivity index (χ4n) is 2.68. The van der Waals surface area contributed by atoms with Gasteiger partial charge in [-0.05, 0) is 29.8 Å². The second kappa shape index (κ2) is 8.01. The summed E-state index contributed by atoms with van der Waals surface area (Å²) in [6, 6.07) is 24.8. The number of ether oxygens (including phenoxy) is 2. The SMILES string of the molecule is O=C(OCc1nc2ccccc2s1)c1ccccc1OCc1ccccc1. The Morgan fingerprint density at radius 2 is 1.59 bits per heavy atom. The largest absolute Gasteiger partial charge is 0.488 e. The number of rotatable bonds is 6. The number of thiazole rings is 1. The van der Waals surface area contributed by atoms with E-state index in [1.807, 2.05) is 60.7 Å². The van der Waals surface area contributed by atoms with Crippen molar-refractivity contribution < 1.29 is 14.3 Å². The molecule has 0 aliphatic carbocycles. The van der Waals surface area contributed by atoms with E-state index in [-0.39, 0.29) is 6.61 Å². The van der Waals surface area contributed by atoms with E-state index < -0.39 is 5.97 Å². The van der Waals surface area contributed by atoms with Crippen molar-refractivity contribution in [3.63, 3.8) is 0 Å². The number of benzene rings is 3. The number of aromatic nitrogens is 1. The van der Waals surface area contributed by atoms with Crippen LogP contribution in [0.15, 0.2) is 78.9 Å². The minimum absolute atomic E-state index is 0.144. The van der Waals surface area contributed by atoms with E-state index in [2.05, 4.69) is 4.98 Å². The molecule has 0 aliphatic heterocycles. The average Bonchev–Trinajstić information content (AvgIpc) is 3.14. The van der Waals surface area contributed by atoms with Gasteiger partial charge in [0, 0.05) is 0 Å². The Morgan fingerprint density at radius 3 is 2.44 bits per heavy atom. The number of para-hydroxylation sites is 2. The first kappa shape index (κ1) is 17.2. The van der Waals surface area contributed by atoms with Crippen molar-refractivity contribution in [1.29, 1.82) is 0 Å². The van der Waals surface area contributed by atoms with E-state index in [0.717, 1.165) is 20.8 Å². The monoisotopic (exact) mass is 375 g/mol. The fraction of sp³-hybridized carbons (Fsp3) is 0.0909. The van der Waals surface area contributed by atoms with Gasteiger partial charge in [-0.1, -0.05) is 54.6 Å². The standard InChI is InChI=1S/C22H17NO3S/c24-22(26-15-21-23-18-11-5-7-13-20(18)27-21)17-10-4-6-12-19(17)25-14-16-8-2-1-3-9-16/h1-13H,14-15H2. The molecule has 0 unspecified atom stereocenters. The van der Waals surface area contributed by atoms with Crippen LogP contribution in [0.3, 0.4) is 0 Å². The van der Waals surface area contributed by atoms with Crippen LogP contribution in [0.25, 0.3) is 10.2 Å². The van der Waals surface area contributed by atoms with Crippen LogP contribution in [0.4, 0.5) is 0 Å². The summed E-state index contributed by atoms with van der Waals surface area (Å²) in [5, 5.41) is 0.771. The highest BCUT2D eigenvalue weighted by molar-refractivity contribution is 7.18. The van der Waals surface area contributed by atoms with Crippen molar-refractivity contribution in [3.8, 4) is 5.75 Å². The number of carbonyl (C=O) groups excluding carboxylic acids is 1. The van der Waals surface area contributed by atoms with Crippen LogP contribution >= 0.6 is 11.3 Å². The molecule has 0 radical (unpaired) electrons. The molecule has 0 N–H and O–H groups in total. The molecule has 0 spiro atoms. The topological polar surface area (TPSA) is 48.4 Å². The number of hydrogen-bond donors (Lipinski definition) is 0. The molecule has 0 atom stereocenters. The maximum Gasteiger partial charge on any atom is 0.342 e. The molecule has 0 amide bonds. The van der Waals surface area contributed by atoms with Crippen molar-refractivity contribution >= 4 is 27.5 Å². The summed E-state index contributed by atoms with van der Waals surface area (Å²) < 4.78 is 12.4. The Morgan fingerprint density at radius 1 is 0.852 bits per heavy atom. The van der Waals surface area contributed by atoms with Gasteiger partial charge in [0.2, 0.25) is 0 Å². The Labute approximate surface area is 161 Å². The molecule has 4 aromatic rings. The summed E-state index contributed by atoms with van der Waals surface area (Å²) in [7, 11) is 0. The van der Waals surface area contributed by atoms with E-state index in [9.17, 15) is 4.79 Å². The smallest absolute Gasteiger partial charge is 0.342 e. The molecule has 1 heterocycles. The van der Waals surface area contributed by atoms with Gasteiger partial charge in [0.15, 0.2) is 0 Å². The molecular weight excluding hydrogens is 358 g/mol. The van der Waals surface area contributed by atoms with E-state index in [1.165, 1.54) is 11.3 Å². The summed E-state index contributed by atoms with van der Waals surface area (Å²) in [5.74, 6) is 0.0913. The Bertz CT molecular complexity index is 1030. The van der Waals surface area contributed by atoms with E-state index in [4.69, 9.17) is 9.47 Å². The molecule has 0 saturated carbocycles. The minimum atomic E-state index is -0.419. The number of fused-ring (bicyclic) bond motifs is 1. The van der Waals surface area contributed by atoms with Crippen molar-refractivity contribution in [1.82, 2.24) is 4.98 Å². The zero-order chi connectivity index (χ0) is 18.5. The van der Waals surface area contributed by atoms with Crippen LogP contribution in [0, 0.1) is 0 Å². The first-order valence-electron chi connectivity index (χ1n) is 8.57. The highest BCUT2D eigenvalue weighted by atomic mass is 32.1. The summed E-state index contributed by atoms with van der Waals surface area (Å²) in [6.45, 7) is 0.536. The maximum absolute atomic E-state index is 12.5. The lowest BCUT2D eigenvalue weighted by molar-refractivity contribution is 0.0467.